The SMILES string of the molecule is C[NH+](CC(=O)N1CCN(c2ncccn2)CC1)C(c1ccccc1)c1ccccc1. The van der Waals surface area contributed by atoms with Crippen LogP contribution >= 0.6 is 0 Å². The zero-order valence-electron chi connectivity index (χ0n) is 17.3. The van der Waals surface area contributed by atoms with Gasteiger partial charge in [-0.3, -0.25) is 4.79 Å². The molecular formula is C24H28N5O+. The summed E-state index contributed by atoms with van der Waals surface area (Å²) in [5.41, 5.74) is 2.44. The highest BCUT2D eigenvalue weighted by atomic mass is 16.2. The van der Waals surface area contributed by atoms with Crippen LogP contribution in [0.3, 0.4) is 0 Å². The third-order valence-corrected chi connectivity index (χ3v) is 5.66. The van der Waals surface area contributed by atoms with Crippen LogP contribution in [0.15, 0.2) is 79.1 Å². The van der Waals surface area contributed by atoms with E-state index in [4.69, 9.17) is 0 Å². The second-order valence-corrected chi connectivity index (χ2v) is 7.69. The average Bonchev–Trinajstić information content (AvgIpc) is 2.81. The largest absolute Gasteiger partial charge is 0.337 e. The summed E-state index contributed by atoms with van der Waals surface area (Å²) in [6, 6.07) is 22.8. The van der Waals surface area contributed by atoms with Gasteiger partial charge in [-0.05, 0) is 6.07 Å². The van der Waals surface area contributed by atoms with Gasteiger partial charge in [0.05, 0.1) is 7.05 Å². The number of quaternary nitrogens is 1. The highest BCUT2D eigenvalue weighted by Crippen LogP contribution is 2.18. The van der Waals surface area contributed by atoms with Gasteiger partial charge >= 0.3 is 0 Å². The topological polar surface area (TPSA) is 53.8 Å². The molecule has 1 aromatic heterocycles. The van der Waals surface area contributed by atoms with Crippen molar-refractivity contribution in [2.24, 2.45) is 0 Å². The number of piperazine rings is 1. The maximum atomic E-state index is 13.1. The lowest BCUT2D eigenvalue weighted by Gasteiger charge is -2.35. The molecule has 0 spiro atoms. The molecule has 1 fully saturated rings. The zero-order chi connectivity index (χ0) is 20.8. The first-order valence-corrected chi connectivity index (χ1v) is 10.4. The molecule has 0 radical (unpaired) electrons. The molecule has 30 heavy (non-hydrogen) atoms. The van der Waals surface area contributed by atoms with Gasteiger partial charge in [0.25, 0.3) is 5.91 Å². The Hall–Kier alpha value is -3.25. The second kappa shape index (κ2) is 9.50. The number of amides is 1. The summed E-state index contributed by atoms with van der Waals surface area (Å²) < 4.78 is 0. The number of likely N-dealkylation sites (N-methyl/N-ethyl adjacent to an activating group) is 1. The summed E-state index contributed by atoms with van der Waals surface area (Å²) in [4.78, 5) is 27.0. The van der Waals surface area contributed by atoms with Gasteiger partial charge in [-0.15, -0.1) is 0 Å². The van der Waals surface area contributed by atoms with Crippen LogP contribution in [-0.2, 0) is 4.79 Å². The molecule has 3 aromatic rings. The Balaban J connectivity index is 1.42. The molecule has 154 valence electrons. The smallest absolute Gasteiger partial charge is 0.277 e. The van der Waals surface area contributed by atoms with Gasteiger partial charge in [0, 0.05) is 49.7 Å². The number of nitrogens with zero attached hydrogens (tertiary/aromatic N) is 4. The molecule has 1 aliphatic heterocycles. The predicted octanol–water partition coefficient (Wildman–Crippen LogP) is 1.43. The Labute approximate surface area is 177 Å². The monoisotopic (exact) mass is 402 g/mol. The lowest BCUT2D eigenvalue weighted by molar-refractivity contribution is -0.898. The van der Waals surface area contributed by atoms with Crippen molar-refractivity contribution in [1.82, 2.24) is 14.9 Å². The van der Waals surface area contributed by atoms with Crippen LogP contribution in [0.1, 0.15) is 17.2 Å². The van der Waals surface area contributed by atoms with Gasteiger partial charge in [-0.2, -0.15) is 0 Å². The normalized spacial score (nSPS) is 15.3. The van der Waals surface area contributed by atoms with Crippen LogP contribution in [0, 0.1) is 0 Å². The Morgan fingerprint density at radius 2 is 1.40 bits per heavy atom. The predicted molar refractivity (Wildman–Crippen MR) is 117 cm³/mol. The van der Waals surface area contributed by atoms with Gasteiger partial charge in [-0.1, -0.05) is 60.7 Å². The first-order chi connectivity index (χ1) is 14.7. The highest BCUT2D eigenvalue weighted by molar-refractivity contribution is 5.77. The van der Waals surface area contributed by atoms with Crippen LogP contribution in [0.25, 0.3) is 0 Å². The molecule has 1 saturated heterocycles. The van der Waals surface area contributed by atoms with Gasteiger partial charge in [0.15, 0.2) is 6.54 Å². The summed E-state index contributed by atoms with van der Waals surface area (Å²) >= 11 is 0. The van der Waals surface area contributed by atoms with Crippen LogP contribution in [0.5, 0.6) is 0 Å². The number of carbonyl (C=O) groups excluding carboxylic acids is 1. The van der Waals surface area contributed by atoms with Crippen molar-refractivity contribution in [2.75, 3.05) is 44.7 Å². The van der Waals surface area contributed by atoms with Crippen molar-refractivity contribution in [3.05, 3.63) is 90.3 Å². The molecule has 0 saturated carbocycles. The average molecular weight is 403 g/mol. The fraction of sp³-hybridized carbons (Fsp3) is 0.292. The lowest BCUT2D eigenvalue weighted by atomic mass is 9.97. The number of nitrogens with one attached hydrogen (secondary N) is 1. The van der Waals surface area contributed by atoms with E-state index in [0.717, 1.165) is 19.0 Å². The number of hydrogen-bond acceptors (Lipinski definition) is 4. The minimum absolute atomic E-state index is 0.121. The fourth-order valence-electron chi connectivity index (χ4n) is 4.12. The molecule has 0 bridgehead atoms. The lowest BCUT2D eigenvalue weighted by Crippen LogP contribution is -3.10. The van der Waals surface area contributed by atoms with Crippen molar-refractivity contribution in [3.63, 3.8) is 0 Å². The van der Waals surface area contributed by atoms with Crippen LogP contribution in [-0.4, -0.2) is 60.5 Å². The van der Waals surface area contributed by atoms with E-state index in [9.17, 15) is 4.79 Å². The summed E-state index contributed by atoms with van der Waals surface area (Å²) in [6.07, 6.45) is 3.51. The highest BCUT2D eigenvalue weighted by Gasteiger charge is 2.29. The van der Waals surface area contributed by atoms with Gasteiger partial charge in [0.2, 0.25) is 5.95 Å². The van der Waals surface area contributed by atoms with E-state index in [2.05, 4.69) is 70.4 Å². The van der Waals surface area contributed by atoms with E-state index in [0.29, 0.717) is 19.6 Å². The van der Waals surface area contributed by atoms with Crippen molar-refractivity contribution < 1.29 is 9.69 Å². The van der Waals surface area contributed by atoms with Gasteiger partial charge in [-0.25, -0.2) is 9.97 Å². The van der Waals surface area contributed by atoms with Crippen LogP contribution in [0.2, 0.25) is 0 Å². The molecular weight excluding hydrogens is 374 g/mol. The number of hydrogen-bond donors (Lipinski definition) is 1. The maximum Gasteiger partial charge on any atom is 0.277 e. The second-order valence-electron chi connectivity index (χ2n) is 7.69. The Morgan fingerprint density at radius 1 is 0.867 bits per heavy atom. The molecule has 2 heterocycles. The summed E-state index contributed by atoms with van der Waals surface area (Å²) in [5.74, 6) is 0.929. The summed E-state index contributed by atoms with van der Waals surface area (Å²) in [7, 11) is 2.11. The summed E-state index contributed by atoms with van der Waals surface area (Å²) in [6.45, 7) is 3.37. The third kappa shape index (κ3) is 4.66. The van der Waals surface area contributed by atoms with E-state index in [-0.39, 0.29) is 11.9 Å². The molecule has 0 aliphatic carbocycles. The third-order valence-electron chi connectivity index (χ3n) is 5.66. The minimum Gasteiger partial charge on any atom is -0.337 e. The molecule has 4 rings (SSSR count). The standard InChI is InChI=1S/C24H27N5O/c1-27(23(20-9-4-2-5-10-20)21-11-6-3-7-12-21)19-22(30)28-15-17-29(18-16-28)24-25-13-8-14-26-24/h2-14,23H,15-19H2,1H3/p+1. The molecule has 1 aliphatic rings. The minimum atomic E-state index is 0.121. The quantitative estimate of drug-likeness (QED) is 0.678. The Bertz CT molecular complexity index is 888. The molecule has 1 unspecified atom stereocenters. The van der Waals surface area contributed by atoms with Crippen LogP contribution in [0.4, 0.5) is 5.95 Å². The Kier molecular flexibility index (Phi) is 6.35. The van der Waals surface area contributed by atoms with Gasteiger partial charge in [0.1, 0.15) is 6.04 Å². The number of anilines is 1. The molecule has 6 nitrogen and oxygen atoms in total. The molecule has 1 amide bonds. The molecule has 1 N–H and O–H groups in total. The number of rotatable bonds is 6. The maximum absolute atomic E-state index is 13.1. The fourth-order valence-corrected chi connectivity index (χ4v) is 4.12. The van der Waals surface area contributed by atoms with E-state index >= 15 is 0 Å². The summed E-state index contributed by atoms with van der Waals surface area (Å²) in [5, 5.41) is 0. The Morgan fingerprint density at radius 3 is 1.93 bits per heavy atom. The van der Waals surface area contributed by atoms with Crippen LogP contribution < -0.4 is 9.80 Å². The number of benzene rings is 2. The first kappa shape index (κ1) is 20.0. The van der Waals surface area contributed by atoms with E-state index in [1.165, 1.54) is 16.0 Å². The number of carbonyl (C=O) groups is 1. The van der Waals surface area contributed by atoms with Crippen molar-refractivity contribution >= 4 is 11.9 Å². The van der Waals surface area contributed by atoms with Crippen molar-refractivity contribution in [1.29, 1.82) is 0 Å². The van der Waals surface area contributed by atoms with Gasteiger partial charge < -0.3 is 14.7 Å². The molecule has 1 atom stereocenters. The molecule has 2 aromatic carbocycles. The van der Waals surface area contributed by atoms with Crippen molar-refractivity contribution in [3.8, 4) is 0 Å². The zero-order valence-corrected chi connectivity index (χ0v) is 17.3. The first-order valence-electron chi connectivity index (χ1n) is 10.4. The molecule has 6 heteroatoms. The van der Waals surface area contributed by atoms with E-state index in [1.807, 2.05) is 23.1 Å². The van der Waals surface area contributed by atoms with E-state index < -0.39 is 0 Å². The van der Waals surface area contributed by atoms with Crippen molar-refractivity contribution in [2.45, 2.75) is 6.04 Å². The van der Waals surface area contributed by atoms with E-state index in [1.54, 1.807) is 12.4 Å². The number of aromatic nitrogens is 2.